The van der Waals surface area contributed by atoms with E-state index in [1.165, 1.54) is 32.1 Å². The Kier molecular flexibility index (Phi) is 8.35. The van der Waals surface area contributed by atoms with Crippen molar-refractivity contribution in [2.24, 2.45) is 5.92 Å². The molecule has 160 valence electrons. The smallest absolute Gasteiger partial charge is 0.224 e. The molecule has 1 aromatic carbocycles. The zero-order valence-corrected chi connectivity index (χ0v) is 17.6. The van der Waals surface area contributed by atoms with Crippen LogP contribution in [-0.2, 0) is 20.7 Å². The van der Waals surface area contributed by atoms with Crippen molar-refractivity contribution in [3.8, 4) is 5.75 Å². The van der Waals surface area contributed by atoms with E-state index in [1.54, 1.807) is 7.11 Å². The van der Waals surface area contributed by atoms with Crippen LogP contribution in [0.2, 0.25) is 0 Å². The van der Waals surface area contributed by atoms with Gasteiger partial charge in [-0.2, -0.15) is 0 Å². The molecule has 0 bridgehead atoms. The Morgan fingerprint density at radius 3 is 2.79 bits per heavy atom. The van der Waals surface area contributed by atoms with Gasteiger partial charge in [-0.25, -0.2) is 0 Å². The second-order valence-corrected chi connectivity index (χ2v) is 8.16. The summed E-state index contributed by atoms with van der Waals surface area (Å²) in [6.45, 7) is 2.63. The largest absolute Gasteiger partial charge is 0.494 e. The fourth-order valence-electron chi connectivity index (χ4n) is 4.22. The summed E-state index contributed by atoms with van der Waals surface area (Å²) in [5.41, 5.74) is 1.98. The average Bonchev–Trinajstić information content (AvgIpc) is 2.74. The first-order valence-electron chi connectivity index (χ1n) is 11.0. The fourth-order valence-corrected chi connectivity index (χ4v) is 4.22. The summed E-state index contributed by atoms with van der Waals surface area (Å²) >= 11 is 0. The van der Waals surface area contributed by atoms with Gasteiger partial charge in [0.05, 0.1) is 13.2 Å². The highest BCUT2D eigenvalue weighted by Gasteiger charge is 2.20. The molecule has 0 aromatic heterocycles. The molecule has 1 aliphatic carbocycles. The molecule has 3 rings (SSSR count). The lowest BCUT2D eigenvalue weighted by atomic mass is 9.89. The van der Waals surface area contributed by atoms with Gasteiger partial charge in [-0.15, -0.1) is 0 Å². The second kappa shape index (κ2) is 11.2. The highest BCUT2D eigenvalue weighted by Crippen LogP contribution is 2.27. The number of nitrogens with zero attached hydrogens (tertiary/aromatic N) is 1. The molecule has 1 aromatic rings. The number of fused-ring (bicyclic) bond motifs is 1. The quantitative estimate of drug-likeness (QED) is 0.605. The molecular formula is C23H34N2O4. The summed E-state index contributed by atoms with van der Waals surface area (Å²) in [4.78, 5) is 26.2. The van der Waals surface area contributed by atoms with Gasteiger partial charge in [0, 0.05) is 38.7 Å². The normalized spacial score (nSPS) is 16.8. The third-order valence-electron chi connectivity index (χ3n) is 5.90. The second-order valence-electron chi connectivity index (χ2n) is 8.16. The maximum Gasteiger partial charge on any atom is 0.224 e. The van der Waals surface area contributed by atoms with Crippen molar-refractivity contribution in [1.82, 2.24) is 4.90 Å². The summed E-state index contributed by atoms with van der Waals surface area (Å²) in [6.07, 6.45) is 8.82. The fraction of sp³-hybridized carbons (Fsp3) is 0.652. The SMILES string of the molecule is COCCN(CC1CCCCC1)C(=O)CCCOc1ccc2c(c1)CCC(=O)N2. The van der Waals surface area contributed by atoms with E-state index < -0.39 is 0 Å². The minimum absolute atomic E-state index is 0.0657. The summed E-state index contributed by atoms with van der Waals surface area (Å²) < 4.78 is 11.1. The van der Waals surface area contributed by atoms with Gasteiger partial charge in [-0.3, -0.25) is 9.59 Å². The predicted molar refractivity (Wildman–Crippen MR) is 113 cm³/mol. The monoisotopic (exact) mass is 402 g/mol. The molecule has 29 heavy (non-hydrogen) atoms. The van der Waals surface area contributed by atoms with E-state index in [9.17, 15) is 9.59 Å². The Morgan fingerprint density at radius 2 is 2.00 bits per heavy atom. The standard InChI is InChI=1S/C23H34N2O4/c1-28-15-13-25(17-18-6-3-2-4-7-18)23(27)8-5-14-29-20-10-11-21-19(16-20)9-12-22(26)24-21/h10-11,16,18H,2-9,12-15,17H2,1H3,(H,24,26). The highest BCUT2D eigenvalue weighted by molar-refractivity contribution is 5.94. The Hall–Kier alpha value is -2.08. The Bertz CT molecular complexity index is 685. The molecule has 0 atom stereocenters. The Labute approximate surface area is 173 Å². The van der Waals surface area contributed by atoms with Gasteiger partial charge >= 0.3 is 0 Å². The number of ether oxygens (including phenoxy) is 2. The van der Waals surface area contributed by atoms with Gasteiger partial charge < -0.3 is 19.7 Å². The van der Waals surface area contributed by atoms with Crippen molar-refractivity contribution in [3.05, 3.63) is 23.8 Å². The summed E-state index contributed by atoms with van der Waals surface area (Å²) in [7, 11) is 1.68. The molecule has 0 saturated heterocycles. The lowest BCUT2D eigenvalue weighted by Crippen LogP contribution is -2.38. The summed E-state index contributed by atoms with van der Waals surface area (Å²) in [5, 5.41) is 2.88. The van der Waals surface area contributed by atoms with E-state index in [0.29, 0.717) is 44.9 Å². The number of carbonyl (C=O) groups is 2. The van der Waals surface area contributed by atoms with Crippen molar-refractivity contribution in [2.75, 3.05) is 38.7 Å². The van der Waals surface area contributed by atoms with Crippen molar-refractivity contribution in [2.45, 2.75) is 57.8 Å². The van der Waals surface area contributed by atoms with E-state index in [4.69, 9.17) is 9.47 Å². The van der Waals surface area contributed by atoms with Crippen LogP contribution in [0.25, 0.3) is 0 Å². The maximum absolute atomic E-state index is 12.7. The molecule has 1 fully saturated rings. The highest BCUT2D eigenvalue weighted by atomic mass is 16.5. The number of hydrogen-bond donors (Lipinski definition) is 1. The summed E-state index contributed by atoms with van der Waals surface area (Å²) in [5.74, 6) is 1.70. The molecule has 6 heteroatoms. The van der Waals surface area contributed by atoms with Crippen molar-refractivity contribution >= 4 is 17.5 Å². The number of carbonyl (C=O) groups excluding carboxylic acids is 2. The first-order chi connectivity index (χ1) is 14.2. The van der Waals surface area contributed by atoms with E-state index in [1.807, 2.05) is 23.1 Å². The molecule has 2 amide bonds. The molecule has 0 spiro atoms. The Balaban J connectivity index is 1.42. The topological polar surface area (TPSA) is 67.9 Å². The van der Waals surface area contributed by atoms with Crippen LogP contribution in [0.15, 0.2) is 18.2 Å². The number of nitrogens with one attached hydrogen (secondary N) is 1. The van der Waals surface area contributed by atoms with Gasteiger partial charge in [0.2, 0.25) is 11.8 Å². The molecule has 1 saturated carbocycles. The lowest BCUT2D eigenvalue weighted by Gasteiger charge is -2.30. The third kappa shape index (κ3) is 6.74. The van der Waals surface area contributed by atoms with Crippen LogP contribution in [0.4, 0.5) is 5.69 Å². The molecule has 2 aliphatic rings. The molecule has 6 nitrogen and oxygen atoms in total. The number of hydrogen-bond acceptors (Lipinski definition) is 4. The minimum Gasteiger partial charge on any atom is -0.494 e. The zero-order valence-electron chi connectivity index (χ0n) is 17.6. The molecule has 0 unspecified atom stereocenters. The number of amides is 2. The van der Waals surface area contributed by atoms with Crippen LogP contribution < -0.4 is 10.1 Å². The van der Waals surface area contributed by atoms with E-state index in [-0.39, 0.29) is 11.8 Å². The first-order valence-corrected chi connectivity index (χ1v) is 11.0. The number of rotatable bonds is 10. The molecular weight excluding hydrogens is 368 g/mol. The number of aryl methyl sites for hydroxylation is 1. The maximum atomic E-state index is 12.7. The summed E-state index contributed by atoms with van der Waals surface area (Å²) in [6, 6.07) is 5.76. The lowest BCUT2D eigenvalue weighted by molar-refractivity contribution is -0.133. The van der Waals surface area contributed by atoms with Crippen LogP contribution in [0.5, 0.6) is 5.75 Å². The van der Waals surface area contributed by atoms with E-state index in [0.717, 1.165) is 30.0 Å². The van der Waals surface area contributed by atoms with Crippen molar-refractivity contribution in [3.63, 3.8) is 0 Å². The van der Waals surface area contributed by atoms with Crippen LogP contribution in [-0.4, -0.2) is 50.1 Å². The van der Waals surface area contributed by atoms with Gasteiger partial charge in [0.25, 0.3) is 0 Å². The van der Waals surface area contributed by atoms with Crippen LogP contribution in [0.1, 0.15) is 56.9 Å². The zero-order chi connectivity index (χ0) is 20.5. The van der Waals surface area contributed by atoms with Crippen LogP contribution in [0.3, 0.4) is 0 Å². The van der Waals surface area contributed by atoms with Crippen LogP contribution >= 0.6 is 0 Å². The Morgan fingerprint density at radius 1 is 1.17 bits per heavy atom. The number of anilines is 1. The molecule has 1 N–H and O–H groups in total. The minimum atomic E-state index is 0.0657. The van der Waals surface area contributed by atoms with Crippen molar-refractivity contribution < 1.29 is 19.1 Å². The van der Waals surface area contributed by atoms with Gasteiger partial charge in [0.1, 0.15) is 5.75 Å². The molecule has 0 radical (unpaired) electrons. The van der Waals surface area contributed by atoms with Gasteiger partial charge in [-0.1, -0.05) is 19.3 Å². The van der Waals surface area contributed by atoms with Crippen molar-refractivity contribution in [1.29, 1.82) is 0 Å². The molecule has 1 aliphatic heterocycles. The van der Waals surface area contributed by atoms with Crippen LogP contribution in [0, 0.1) is 5.92 Å². The third-order valence-corrected chi connectivity index (χ3v) is 5.90. The number of benzene rings is 1. The first kappa shape index (κ1) is 21.6. The number of methoxy groups -OCH3 is 1. The molecule has 1 heterocycles. The average molecular weight is 403 g/mol. The predicted octanol–water partition coefficient (Wildman–Crippen LogP) is 3.79. The van der Waals surface area contributed by atoms with E-state index >= 15 is 0 Å². The van der Waals surface area contributed by atoms with E-state index in [2.05, 4.69) is 5.32 Å². The van der Waals surface area contributed by atoms with Gasteiger partial charge in [-0.05, 0) is 55.4 Å². The van der Waals surface area contributed by atoms with Gasteiger partial charge in [0.15, 0.2) is 0 Å².